The van der Waals surface area contributed by atoms with Crippen molar-refractivity contribution in [3.05, 3.63) is 53.1 Å². The predicted molar refractivity (Wildman–Crippen MR) is 100 cm³/mol. The van der Waals surface area contributed by atoms with Gasteiger partial charge in [0.15, 0.2) is 0 Å². The summed E-state index contributed by atoms with van der Waals surface area (Å²) in [7, 11) is 1.66. The van der Waals surface area contributed by atoms with E-state index in [1.807, 2.05) is 24.4 Å². The minimum absolute atomic E-state index is 0.330. The Balaban J connectivity index is 1.76. The highest BCUT2D eigenvalue weighted by molar-refractivity contribution is 5.98. The first-order valence-electron chi connectivity index (χ1n) is 8.84. The molecule has 1 aliphatic heterocycles. The van der Waals surface area contributed by atoms with Gasteiger partial charge >= 0.3 is 0 Å². The first-order valence-corrected chi connectivity index (χ1v) is 8.84. The van der Waals surface area contributed by atoms with Crippen LogP contribution in [0.2, 0.25) is 0 Å². The number of nitrogens with two attached hydrogens (primary N) is 1. The Morgan fingerprint density at radius 1 is 1.27 bits per heavy atom. The number of hydrogen-bond donors (Lipinski definition) is 3. The van der Waals surface area contributed by atoms with Crippen molar-refractivity contribution in [1.29, 1.82) is 0 Å². The Kier molecular flexibility index (Phi) is 6.14. The van der Waals surface area contributed by atoms with Crippen molar-refractivity contribution in [3.8, 4) is 0 Å². The van der Waals surface area contributed by atoms with E-state index in [0.29, 0.717) is 24.6 Å². The molecule has 0 atom stereocenters. The zero-order valence-corrected chi connectivity index (χ0v) is 15.0. The molecule has 0 saturated carbocycles. The lowest BCUT2D eigenvalue weighted by molar-refractivity contribution is 0.100. The van der Waals surface area contributed by atoms with Crippen LogP contribution in [0, 0.1) is 0 Å². The van der Waals surface area contributed by atoms with Crippen LogP contribution in [0.4, 0.5) is 5.69 Å². The molecule has 2 aromatic rings. The largest absolute Gasteiger partial charge is 0.381 e. The molecule has 3 heterocycles. The molecule has 0 spiro atoms. The Hall–Kier alpha value is -2.51. The number of nitrogens with zero attached hydrogens (tertiary/aromatic N) is 2. The molecule has 26 heavy (non-hydrogen) atoms. The Labute approximate surface area is 153 Å². The third-order valence-electron chi connectivity index (χ3n) is 4.48. The monoisotopic (exact) mass is 355 g/mol. The van der Waals surface area contributed by atoms with Crippen molar-refractivity contribution >= 4 is 11.6 Å². The minimum Gasteiger partial charge on any atom is -0.381 e. The van der Waals surface area contributed by atoms with Gasteiger partial charge < -0.3 is 21.1 Å². The second-order valence-electron chi connectivity index (χ2n) is 6.52. The first kappa shape index (κ1) is 18.3. The standard InChI is InChI=1S/C19H25N5O2/c1-26-12-13-2-3-15(22-10-13)8-16-9-18(17(11-23-16)19(20)25)24-14-4-6-21-7-5-14/h2-3,9-11,14,21H,4-8,12H2,1H3,(H2,20,25)(H,23,24). The van der Waals surface area contributed by atoms with Crippen LogP contribution < -0.4 is 16.4 Å². The summed E-state index contributed by atoms with van der Waals surface area (Å²) in [5.41, 5.74) is 9.48. The van der Waals surface area contributed by atoms with Crippen molar-refractivity contribution in [2.24, 2.45) is 5.73 Å². The molecule has 1 aliphatic rings. The molecular formula is C19H25N5O2. The van der Waals surface area contributed by atoms with E-state index in [4.69, 9.17) is 10.5 Å². The van der Waals surface area contributed by atoms with Gasteiger partial charge in [0, 0.05) is 43.4 Å². The number of nitrogens with one attached hydrogen (secondary N) is 2. The summed E-state index contributed by atoms with van der Waals surface area (Å²) in [6.07, 6.45) is 5.98. The van der Waals surface area contributed by atoms with E-state index < -0.39 is 5.91 Å². The van der Waals surface area contributed by atoms with Crippen LogP contribution in [-0.4, -0.2) is 42.1 Å². The maximum atomic E-state index is 11.7. The number of piperidine rings is 1. The van der Waals surface area contributed by atoms with Crippen LogP contribution in [-0.2, 0) is 17.8 Å². The molecule has 7 nitrogen and oxygen atoms in total. The predicted octanol–water partition coefficient (Wildman–Crippen LogP) is 1.48. The Morgan fingerprint density at radius 3 is 2.69 bits per heavy atom. The van der Waals surface area contributed by atoms with Crippen LogP contribution in [0.5, 0.6) is 0 Å². The molecule has 0 unspecified atom stereocenters. The lowest BCUT2D eigenvalue weighted by atomic mass is 10.0. The minimum atomic E-state index is -0.470. The molecule has 4 N–H and O–H groups in total. The molecule has 1 amide bonds. The van der Waals surface area contributed by atoms with Crippen LogP contribution in [0.15, 0.2) is 30.6 Å². The van der Waals surface area contributed by atoms with Gasteiger partial charge in [-0.2, -0.15) is 0 Å². The number of carbonyl (C=O) groups is 1. The highest BCUT2D eigenvalue weighted by atomic mass is 16.5. The van der Waals surface area contributed by atoms with Gasteiger partial charge in [-0.1, -0.05) is 6.07 Å². The molecule has 2 aromatic heterocycles. The van der Waals surface area contributed by atoms with Crippen LogP contribution >= 0.6 is 0 Å². The van der Waals surface area contributed by atoms with Gasteiger partial charge in [0.05, 0.1) is 17.9 Å². The molecule has 3 rings (SSSR count). The maximum absolute atomic E-state index is 11.7. The number of amides is 1. The SMILES string of the molecule is COCc1ccc(Cc2cc(NC3CCNCC3)c(C(N)=O)cn2)nc1. The zero-order chi connectivity index (χ0) is 18.4. The average Bonchev–Trinajstić information content (AvgIpc) is 2.64. The van der Waals surface area contributed by atoms with Crippen molar-refractivity contribution in [3.63, 3.8) is 0 Å². The van der Waals surface area contributed by atoms with E-state index in [1.165, 1.54) is 0 Å². The fraction of sp³-hybridized carbons (Fsp3) is 0.421. The molecule has 0 radical (unpaired) electrons. The summed E-state index contributed by atoms with van der Waals surface area (Å²) in [6, 6.07) is 6.21. The van der Waals surface area contributed by atoms with E-state index >= 15 is 0 Å². The second-order valence-corrected chi connectivity index (χ2v) is 6.52. The first-order chi connectivity index (χ1) is 12.7. The number of methoxy groups -OCH3 is 1. The van der Waals surface area contributed by atoms with Gasteiger partial charge in [-0.05, 0) is 43.6 Å². The Morgan fingerprint density at radius 2 is 2.04 bits per heavy atom. The summed E-state index contributed by atoms with van der Waals surface area (Å²) in [5, 5.41) is 6.80. The molecule has 0 aliphatic carbocycles. The van der Waals surface area contributed by atoms with Gasteiger partial charge in [0.25, 0.3) is 5.91 Å². The highest BCUT2D eigenvalue weighted by Gasteiger charge is 2.17. The highest BCUT2D eigenvalue weighted by Crippen LogP contribution is 2.20. The van der Waals surface area contributed by atoms with Crippen LogP contribution in [0.1, 0.15) is 40.2 Å². The lowest BCUT2D eigenvalue weighted by Gasteiger charge is -2.25. The van der Waals surface area contributed by atoms with Crippen LogP contribution in [0.25, 0.3) is 0 Å². The number of carbonyl (C=O) groups excluding carboxylic acids is 1. The van der Waals surface area contributed by atoms with Crippen molar-refractivity contribution in [2.45, 2.75) is 31.9 Å². The van der Waals surface area contributed by atoms with Gasteiger partial charge in [0.1, 0.15) is 0 Å². The van der Waals surface area contributed by atoms with Crippen LogP contribution in [0.3, 0.4) is 0 Å². The molecule has 0 aromatic carbocycles. The number of pyridine rings is 2. The molecule has 7 heteroatoms. The molecular weight excluding hydrogens is 330 g/mol. The third kappa shape index (κ3) is 4.77. The van der Waals surface area contributed by atoms with Gasteiger partial charge in [-0.15, -0.1) is 0 Å². The third-order valence-corrected chi connectivity index (χ3v) is 4.48. The van der Waals surface area contributed by atoms with Gasteiger partial charge in [-0.3, -0.25) is 14.8 Å². The second kappa shape index (κ2) is 8.73. The number of hydrogen-bond acceptors (Lipinski definition) is 6. The summed E-state index contributed by atoms with van der Waals surface area (Å²) in [5.74, 6) is -0.470. The number of rotatable bonds is 7. The molecule has 138 valence electrons. The van der Waals surface area contributed by atoms with E-state index in [2.05, 4.69) is 20.6 Å². The van der Waals surface area contributed by atoms with E-state index in [9.17, 15) is 4.79 Å². The average molecular weight is 355 g/mol. The molecule has 0 bridgehead atoms. The van der Waals surface area contributed by atoms with Gasteiger partial charge in [-0.25, -0.2) is 0 Å². The number of aromatic nitrogens is 2. The van der Waals surface area contributed by atoms with E-state index in [1.54, 1.807) is 13.3 Å². The lowest BCUT2D eigenvalue weighted by Crippen LogP contribution is -2.35. The number of anilines is 1. The molecule has 1 saturated heterocycles. The summed E-state index contributed by atoms with van der Waals surface area (Å²) < 4.78 is 5.10. The van der Waals surface area contributed by atoms with E-state index in [-0.39, 0.29) is 0 Å². The summed E-state index contributed by atoms with van der Waals surface area (Å²) >= 11 is 0. The Bertz CT molecular complexity index is 742. The topological polar surface area (TPSA) is 102 Å². The summed E-state index contributed by atoms with van der Waals surface area (Å²) in [4.78, 5) is 20.6. The number of ether oxygens (including phenoxy) is 1. The quantitative estimate of drug-likeness (QED) is 0.695. The fourth-order valence-corrected chi connectivity index (χ4v) is 3.09. The molecule has 1 fully saturated rings. The normalized spacial score (nSPS) is 15.0. The van der Waals surface area contributed by atoms with Crippen molar-refractivity contribution in [1.82, 2.24) is 15.3 Å². The van der Waals surface area contributed by atoms with Gasteiger partial charge in [0.2, 0.25) is 0 Å². The van der Waals surface area contributed by atoms with E-state index in [0.717, 1.165) is 48.6 Å². The fourth-order valence-electron chi connectivity index (χ4n) is 3.09. The van der Waals surface area contributed by atoms with Crippen molar-refractivity contribution in [2.75, 3.05) is 25.5 Å². The smallest absolute Gasteiger partial charge is 0.252 e. The summed E-state index contributed by atoms with van der Waals surface area (Å²) in [6.45, 7) is 2.49. The zero-order valence-electron chi connectivity index (χ0n) is 15.0. The van der Waals surface area contributed by atoms with Crippen molar-refractivity contribution < 1.29 is 9.53 Å². The maximum Gasteiger partial charge on any atom is 0.252 e. The number of primary amides is 1.